The largest absolute Gasteiger partial charge is 0.506 e. The number of aliphatic hydroxyl groups excluding tert-OH is 1. The normalized spacial score (nSPS) is 18.9. The molecule has 3 rings (SSSR count). The Labute approximate surface area is 120 Å². The van der Waals surface area contributed by atoms with Crippen LogP contribution in [0.4, 0.5) is 0 Å². The molecule has 0 spiro atoms. The molecule has 3 heteroatoms. The molecule has 2 fully saturated rings. The van der Waals surface area contributed by atoms with Crippen LogP contribution >= 0.6 is 0 Å². The first-order valence-corrected chi connectivity index (χ1v) is 7.83. The molecule has 0 bridgehead atoms. The molecule has 0 aliphatic heterocycles. The number of allylic oxidation sites excluding steroid dienone is 1. The van der Waals surface area contributed by atoms with Crippen LogP contribution in [0.1, 0.15) is 57.1 Å². The van der Waals surface area contributed by atoms with E-state index in [1.807, 2.05) is 12.1 Å². The lowest BCUT2D eigenvalue weighted by Crippen LogP contribution is -2.10. The van der Waals surface area contributed by atoms with E-state index in [1.54, 1.807) is 6.20 Å². The maximum Gasteiger partial charge on any atom is 0.140 e. The number of hydrogen-bond acceptors (Lipinski definition) is 3. The summed E-state index contributed by atoms with van der Waals surface area (Å²) in [6.07, 6.45) is 11.8. The zero-order valence-corrected chi connectivity index (χ0v) is 12.0. The van der Waals surface area contributed by atoms with Gasteiger partial charge >= 0.3 is 0 Å². The highest BCUT2D eigenvalue weighted by atomic mass is 16.5. The second-order valence-electron chi connectivity index (χ2n) is 5.97. The third-order valence-corrected chi connectivity index (χ3v) is 4.33. The Morgan fingerprint density at radius 3 is 2.65 bits per heavy atom. The van der Waals surface area contributed by atoms with Gasteiger partial charge in [-0.3, -0.25) is 0 Å². The third-order valence-electron chi connectivity index (χ3n) is 4.33. The highest BCUT2D eigenvalue weighted by Gasteiger charge is 2.19. The zero-order chi connectivity index (χ0) is 13.8. The fourth-order valence-corrected chi connectivity index (χ4v) is 2.91. The molecule has 1 aromatic heterocycles. The Hall–Kier alpha value is -1.51. The van der Waals surface area contributed by atoms with Crippen LogP contribution < -0.4 is 4.74 Å². The summed E-state index contributed by atoms with van der Waals surface area (Å²) in [6, 6.07) is 3.75. The number of ether oxygens (including phenoxy) is 1. The van der Waals surface area contributed by atoms with Crippen molar-refractivity contribution >= 4 is 5.76 Å². The van der Waals surface area contributed by atoms with Crippen molar-refractivity contribution in [3.05, 3.63) is 29.6 Å². The molecule has 0 amide bonds. The van der Waals surface area contributed by atoms with Crippen molar-refractivity contribution in [2.45, 2.75) is 51.4 Å². The van der Waals surface area contributed by atoms with Gasteiger partial charge in [0.05, 0.1) is 12.8 Å². The van der Waals surface area contributed by atoms with Crippen molar-refractivity contribution in [2.24, 2.45) is 5.92 Å². The Kier molecular flexibility index (Phi) is 4.24. The summed E-state index contributed by atoms with van der Waals surface area (Å²) in [7, 11) is 0. The van der Waals surface area contributed by atoms with Crippen LogP contribution in [0.2, 0.25) is 0 Å². The topological polar surface area (TPSA) is 42.4 Å². The predicted molar refractivity (Wildman–Crippen MR) is 79.7 cm³/mol. The highest BCUT2D eigenvalue weighted by molar-refractivity contribution is 5.62. The number of aliphatic hydroxyl groups is 1. The summed E-state index contributed by atoms with van der Waals surface area (Å²) < 4.78 is 5.76. The van der Waals surface area contributed by atoms with Crippen LogP contribution in [0.5, 0.6) is 5.75 Å². The van der Waals surface area contributed by atoms with Gasteiger partial charge in [-0.05, 0) is 42.9 Å². The minimum absolute atomic E-state index is 0.360. The van der Waals surface area contributed by atoms with Gasteiger partial charge in [0, 0.05) is 0 Å². The van der Waals surface area contributed by atoms with Crippen LogP contribution in [-0.2, 0) is 0 Å². The average molecular weight is 273 g/mol. The minimum Gasteiger partial charge on any atom is -0.506 e. The average Bonchev–Trinajstić information content (AvgIpc) is 3.33. The second-order valence-corrected chi connectivity index (χ2v) is 5.97. The van der Waals surface area contributed by atoms with Crippen LogP contribution in [0.25, 0.3) is 5.76 Å². The quantitative estimate of drug-likeness (QED) is 0.803. The first kappa shape index (κ1) is 13.5. The van der Waals surface area contributed by atoms with E-state index in [2.05, 4.69) is 4.98 Å². The summed E-state index contributed by atoms with van der Waals surface area (Å²) in [6.45, 7) is 0.777. The fraction of sp³-hybridized carbons (Fsp3) is 0.588. The molecule has 0 unspecified atom stereocenters. The maximum absolute atomic E-state index is 9.87. The molecule has 108 valence electrons. The Morgan fingerprint density at radius 1 is 1.20 bits per heavy atom. The van der Waals surface area contributed by atoms with Crippen LogP contribution in [0.3, 0.4) is 0 Å². The van der Waals surface area contributed by atoms with Crippen molar-refractivity contribution < 1.29 is 9.84 Å². The lowest BCUT2D eigenvalue weighted by atomic mass is 9.87. The summed E-state index contributed by atoms with van der Waals surface area (Å²) in [5.74, 6) is 2.01. The van der Waals surface area contributed by atoms with Gasteiger partial charge in [-0.25, -0.2) is 4.98 Å². The van der Waals surface area contributed by atoms with Gasteiger partial charge in [0.15, 0.2) is 0 Å². The number of rotatable bonds is 5. The van der Waals surface area contributed by atoms with Crippen molar-refractivity contribution in [3.8, 4) is 5.75 Å². The second kappa shape index (κ2) is 6.29. The van der Waals surface area contributed by atoms with E-state index in [0.717, 1.165) is 43.1 Å². The fourth-order valence-electron chi connectivity index (χ4n) is 2.91. The first-order valence-electron chi connectivity index (χ1n) is 7.83. The molecule has 0 saturated heterocycles. The van der Waals surface area contributed by atoms with Gasteiger partial charge in [0.1, 0.15) is 17.2 Å². The lowest BCUT2D eigenvalue weighted by molar-refractivity contribution is 0.245. The molecule has 3 nitrogen and oxygen atoms in total. The van der Waals surface area contributed by atoms with E-state index >= 15 is 0 Å². The molecule has 0 aromatic carbocycles. The van der Waals surface area contributed by atoms with E-state index in [9.17, 15) is 5.11 Å². The monoisotopic (exact) mass is 273 g/mol. The molecular formula is C17H23NO2. The van der Waals surface area contributed by atoms with E-state index < -0.39 is 0 Å². The number of hydrogen-bond donors (Lipinski definition) is 1. The van der Waals surface area contributed by atoms with Gasteiger partial charge in [0.25, 0.3) is 0 Å². The molecule has 1 N–H and O–H groups in total. The van der Waals surface area contributed by atoms with Gasteiger partial charge in [-0.1, -0.05) is 32.1 Å². The lowest BCUT2D eigenvalue weighted by Gasteiger charge is -2.21. The van der Waals surface area contributed by atoms with Crippen molar-refractivity contribution in [1.82, 2.24) is 4.98 Å². The minimum atomic E-state index is 0.360. The summed E-state index contributed by atoms with van der Waals surface area (Å²) in [4.78, 5) is 4.27. The van der Waals surface area contributed by atoms with Crippen LogP contribution in [0.15, 0.2) is 23.9 Å². The van der Waals surface area contributed by atoms with E-state index in [4.69, 9.17) is 4.74 Å². The van der Waals surface area contributed by atoms with Gasteiger partial charge < -0.3 is 9.84 Å². The Morgan fingerprint density at radius 2 is 2.00 bits per heavy atom. The molecular weight excluding hydrogens is 250 g/mol. The number of pyridine rings is 1. The SMILES string of the molecule is OC(=C1CC1)c1ccc(OCCC2CCCCC2)cn1. The smallest absolute Gasteiger partial charge is 0.140 e. The Balaban J connectivity index is 1.47. The van der Waals surface area contributed by atoms with Crippen molar-refractivity contribution in [2.75, 3.05) is 6.61 Å². The first-order chi connectivity index (χ1) is 9.83. The molecule has 0 radical (unpaired) electrons. The summed E-state index contributed by atoms with van der Waals surface area (Å²) in [5.41, 5.74) is 1.78. The molecule has 1 aromatic rings. The standard InChI is InChI=1S/C17H23NO2/c19-17(14-6-7-14)16-9-8-15(12-18-16)20-11-10-13-4-2-1-3-5-13/h8-9,12-13,19H,1-7,10-11H2. The van der Waals surface area contributed by atoms with E-state index in [-0.39, 0.29) is 0 Å². The molecule has 2 saturated carbocycles. The maximum atomic E-state index is 9.87. The zero-order valence-electron chi connectivity index (χ0n) is 12.0. The van der Waals surface area contributed by atoms with Gasteiger partial charge in [-0.2, -0.15) is 0 Å². The van der Waals surface area contributed by atoms with E-state index in [0.29, 0.717) is 11.5 Å². The Bertz CT molecular complexity index is 466. The summed E-state index contributed by atoms with van der Waals surface area (Å²) >= 11 is 0. The molecule has 20 heavy (non-hydrogen) atoms. The third kappa shape index (κ3) is 3.53. The molecule has 1 heterocycles. The molecule has 2 aliphatic carbocycles. The van der Waals surface area contributed by atoms with Crippen molar-refractivity contribution in [3.63, 3.8) is 0 Å². The highest BCUT2D eigenvalue weighted by Crippen LogP contribution is 2.34. The van der Waals surface area contributed by atoms with Crippen LogP contribution in [-0.4, -0.2) is 16.7 Å². The van der Waals surface area contributed by atoms with Crippen molar-refractivity contribution in [1.29, 1.82) is 0 Å². The van der Waals surface area contributed by atoms with Gasteiger partial charge in [-0.15, -0.1) is 0 Å². The number of aromatic nitrogens is 1. The summed E-state index contributed by atoms with van der Waals surface area (Å²) in [5, 5.41) is 9.87. The molecule has 0 atom stereocenters. The van der Waals surface area contributed by atoms with Crippen LogP contribution in [0, 0.1) is 5.92 Å². The number of nitrogens with zero attached hydrogens (tertiary/aromatic N) is 1. The molecule has 2 aliphatic rings. The predicted octanol–water partition coefficient (Wildman–Crippen LogP) is 4.49. The van der Waals surface area contributed by atoms with E-state index in [1.165, 1.54) is 32.1 Å². The van der Waals surface area contributed by atoms with Gasteiger partial charge in [0.2, 0.25) is 0 Å².